The molecule has 30 heavy (non-hydrogen) atoms. The average Bonchev–Trinajstić information content (AvgIpc) is 3.59. The predicted molar refractivity (Wildman–Crippen MR) is 111 cm³/mol. The third kappa shape index (κ3) is 4.30. The van der Waals surface area contributed by atoms with Crippen molar-refractivity contribution in [3.8, 4) is 5.75 Å². The van der Waals surface area contributed by atoms with Gasteiger partial charge in [0.2, 0.25) is 5.91 Å². The SMILES string of the molecule is NC(=O)c1ccccc1OCC(=O)N1CCN(C(=O)[C@@H]2C[C@H]2c2ccccc2)CC1. The molecule has 0 bridgehead atoms. The van der Waals surface area contributed by atoms with E-state index in [4.69, 9.17) is 10.5 Å². The molecule has 0 aromatic heterocycles. The second-order valence-corrected chi connectivity index (χ2v) is 7.71. The number of para-hydroxylation sites is 1. The normalized spacial score (nSPS) is 20.5. The molecule has 7 nitrogen and oxygen atoms in total. The molecule has 2 aliphatic rings. The maximum Gasteiger partial charge on any atom is 0.260 e. The highest BCUT2D eigenvalue weighted by Crippen LogP contribution is 2.48. The minimum absolute atomic E-state index is 0.0586. The molecule has 0 spiro atoms. The number of rotatable bonds is 6. The molecule has 1 aliphatic carbocycles. The summed E-state index contributed by atoms with van der Waals surface area (Å²) >= 11 is 0. The molecule has 0 unspecified atom stereocenters. The van der Waals surface area contributed by atoms with Crippen molar-refractivity contribution in [2.24, 2.45) is 11.7 Å². The van der Waals surface area contributed by atoms with Crippen molar-refractivity contribution < 1.29 is 19.1 Å². The Kier molecular flexibility index (Phi) is 5.70. The van der Waals surface area contributed by atoms with Crippen LogP contribution >= 0.6 is 0 Å². The van der Waals surface area contributed by atoms with Gasteiger partial charge in [-0.25, -0.2) is 0 Å². The summed E-state index contributed by atoms with van der Waals surface area (Å²) in [5, 5.41) is 0. The van der Waals surface area contributed by atoms with E-state index in [-0.39, 0.29) is 29.9 Å². The smallest absolute Gasteiger partial charge is 0.260 e. The topological polar surface area (TPSA) is 92.9 Å². The molecule has 1 heterocycles. The summed E-state index contributed by atoms with van der Waals surface area (Å²) in [6.45, 7) is 1.85. The van der Waals surface area contributed by atoms with Gasteiger partial charge in [-0.15, -0.1) is 0 Å². The van der Waals surface area contributed by atoms with Gasteiger partial charge in [0.25, 0.3) is 11.8 Å². The number of hydrogen-bond acceptors (Lipinski definition) is 4. The van der Waals surface area contributed by atoms with Gasteiger partial charge in [0.05, 0.1) is 5.56 Å². The second-order valence-electron chi connectivity index (χ2n) is 7.71. The number of hydrogen-bond donors (Lipinski definition) is 1. The quantitative estimate of drug-likeness (QED) is 0.788. The number of primary amides is 1. The number of piperazine rings is 1. The highest BCUT2D eigenvalue weighted by atomic mass is 16.5. The fraction of sp³-hybridized carbons (Fsp3) is 0.348. The lowest BCUT2D eigenvalue weighted by molar-refractivity contribution is -0.141. The maximum atomic E-state index is 12.8. The number of carbonyl (C=O) groups is 3. The first-order valence-electron chi connectivity index (χ1n) is 10.2. The molecule has 0 radical (unpaired) electrons. The van der Waals surface area contributed by atoms with Gasteiger partial charge >= 0.3 is 0 Å². The van der Waals surface area contributed by atoms with Gasteiger partial charge in [0.1, 0.15) is 5.75 Å². The maximum absolute atomic E-state index is 12.8. The molecule has 1 saturated carbocycles. The van der Waals surface area contributed by atoms with Crippen LogP contribution < -0.4 is 10.5 Å². The van der Waals surface area contributed by atoms with Gasteiger partial charge in [0, 0.05) is 32.1 Å². The molecular weight excluding hydrogens is 382 g/mol. The van der Waals surface area contributed by atoms with E-state index in [1.165, 1.54) is 5.56 Å². The monoisotopic (exact) mass is 407 g/mol. The number of carbonyl (C=O) groups excluding carboxylic acids is 3. The summed E-state index contributed by atoms with van der Waals surface area (Å²) in [4.78, 5) is 40.3. The van der Waals surface area contributed by atoms with Crippen LogP contribution in [0.1, 0.15) is 28.3 Å². The Morgan fingerprint density at radius 2 is 1.53 bits per heavy atom. The van der Waals surface area contributed by atoms with Crippen molar-refractivity contribution in [1.82, 2.24) is 9.80 Å². The minimum Gasteiger partial charge on any atom is -0.483 e. The van der Waals surface area contributed by atoms with Gasteiger partial charge < -0.3 is 20.3 Å². The molecule has 3 amide bonds. The Bertz CT molecular complexity index is 938. The van der Waals surface area contributed by atoms with Crippen LogP contribution in [0, 0.1) is 5.92 Å². The summed E-state index contributed by atoms with van der Waals surface area (Å²) in [5.74, 6) is 0.0878. The average molecular weight is 407 g/mol. The van der Waals surface area contributed by atoms with Gasteiger partial charge in [-0.3, -0.25) is 14.4 Å². The highest BCUT2D eigenvalue weighted by Gasteiger charge is 2.46. The van der Waals surface area contributed by atoms with Crippen molar-refractivity contribution >= 4 is 17.7 Å². The van der Waals surface area contributed by atoms with Crippen molar-refractivity contribution in [3.05, 3.63) is 65.7 Å². The van der Waals surface area contributed by atoms with Crippen LogP contribution in [-0.2, 0) is 9.59 Å². The number of nitrogens with two attached hydrogens (primary N) is 1. The van der Waals surface area contributed by atoms with E-state index in [0.717, 1.165) is 6.42 Å². The van der Waals surface area contributed by atoms with Gasteiger partial charge in [-0.2, -0.15) is 0 Å². The lowest BCUT2D eigenvalue weighted by Gasteiger charge is -2.35. The molecule has 2 aromatic rings. The first-order chi connectivity index (χ1) is 14.5. The summed E-state index contributed by atoms with van der Waals surface area (Å²) in [6, 6.07) is 16.7. The van der Waals surface area contributed by atoms with Crippen LogP contribution in [0.2, 0.25) is 0 Å². The summed E-state index contributed by atoms with van der Waals surface area (Å²) in [6.07, 6.45) is 0.898. The third-order valence-electron chi connectivity index (χ3n) is 5.78. The molecule has 1 aliphatic heterocycles. The molecule has 1 saturated heterocycles. The van der Waals surface area contributed by atoms with Crippen LogP contribution in [0.4, 0.5) is 0 Å². The van der Waals surface area contributed by atoms with Crippen LogP contribution in [0.3, 0.4) is 0 Å². The molecule has 7 heteroatoms. The fourth-order valence-corrected chi connectivity index (χ4v) is 3.97. The van der Waals surface area contributed by atoms with E-state index in [1.54, 1.807) is 29.2 Å². The third-order valence-corrected chi connectivity index (χ3v) is 5.78. The zero-order chi connectivity index (χ0) is 21.1. The van der Waals surface area contributed by atoms with E-state index in [0.29, 0.717) is 37.8 Å². The molecule has 2 aromatic carbocycles. The number of ether oxygens (including phenoxy) is 1. The van der Waals surface area contributed by atoms with Crippen molar-refractivity contribution in [2.45, 2.75) is 12.3 Å². The van der Waals surface area contributed by atoms with Crippen molar-refractivity contribution in [2.75, 3.05) is 32.8 Å². The lowest BCUT2D eigenvalue weighted by Crippen LogP contribution is -2.52. The number of nitrogens with zero attached hydrogens (tertiary/aromatic N) is 2. The van der Waals surface area contributed by atoms with Crippen LogP contribution in [-0.4, -0.2) is 60.3 Å². The molecular formula is C23H25N3O4. The molecule has 2 N–H and O–H groups in total. The Hall–Kier alpha value is -3.35. The first-order valence-corrected chi connectivity index (χ1v) is 10.2. The van der Waals surface area contributed by atoms with Gasteiger partial charge in [0.15, 0.2) is 6.61 Å². The lowest BCUT2D eigenvalue weighted by atomic mass is 10.1. The highest BCUT2D eigenvalue weighted by molar-refractivity contribution is 5.95. The van der Waals surface area contributed by atoms with E-state index in [2.05, 4.69) is 12.1 Å². The molecule has 156 valence electrons. The van der Waals surface area contributed by atoms with Crippen LogP contribution in [0.5, 0.6) is 5.75 Å². The van der Waals surface area contributed by atoms with Crippen molar-refractivity contribution in [1.29, 1.82) is 0 Å². The Morgan fingerprint density at radius 1 is 0.900 bits per heavy atom. The molecule has 4 rings (SSSR count). The molecule has 2 fully saturated rings. The molecule has 2 atom stereocenters. The number of amides is 3. The van der Waals surface area contributed by atoms with Crippen molar-refractivity contribution in [3.63, 3.8) is 0 Å². The zero-order valence-corrected chi connectivity index (χ0v) is 16.7. The van der Waals surface area contributed by atoms with E-state index < -0.39 is 5.91 Å². The zero-order valence-electron chi connectivity index (χ0n) is 16.7. The fourth-order valence-electron chi connectivity index (χ4n) is 3.97. The van der Waals surface area contributed by atoms with E-state index >= 15 is 0 Å². The van der Waals surface area contributed by atoms with Crippen LogP contribution in [0.25, 0.3) is 0 Å². The first kappa shape index (κ1) is 19.9. The number of benzene rings is 2. The minimum atomic E-state index is -0.598. The van der Waals surface area contributed by atoms with Gasteiger partial charge in [-0.1, -0.05) is 42.5 Å². The summed E-state index contributed by atoms with van der Waals surface area (Å²) in [7, 11) is 0. The second kappa shape index (κ2) is 8.57. The summed E-state index contributed by atoms with van der Waals surface area (Å²) < 4.78 is 5.53. The Morgan fingerprint density at radius 3 is 2.23 bits per heavy atom. The van der Waals surface area contributed by atoms with E-state index in [9.17, 15) is 14.4 Å². The van der Waals surface area contributed by atoms with E-state index in [1.807, 2.05) is 23.1 Å². The standard InChI is InChI=1S/C23H25N3O4/c24-22(28)17-8-4-5-9-20(17)30-15-21(27)25-10-12-26(13-11-25)23(29)19-14-18(19)16-6-2-1-3-7-16/h1-9,18-19H,10-15H2,(H2,24,28)/t18-,19+/m0/s1. The largest absolute Gasteiger partial charge is 0.483 e. The summed E-state index contributed by atoms with van der Waals surface area (Å²) in [5.41, 5.74) is 6.80. The van der Waals surface area contributed by atoms with Crippen LogP contribution in [0.15, 0.2) is 54.6 Å². The Balaban J connectivity index is 1.25. The Labute approximate surface area is 175 Å². The van der Waals surface area contributed by atoms with Gasteiger partial charge in [-0.05, 0) is 30.0 Å². The predicted octanol–water partition coefficient (Wildman–Crippen LogP) is 1.64.